The number of rotatable bonds is 6. The van der Waals surface area contributed by atoms with E-state index in [9.17, 15) is 4.39 Å². The van der Waals surface area contributed by atoms with Crippen LogP contribution in [0.5, 0.6) is 0 Å². The number of nitrogens with one attached hydrogen (secondary N) is 1. The Bertz CT molecular complexity index is 545. The summed E-state index contributed by atoms with van der Waals surface area (Å²) < 4.78 is 13.0. The van der Waals surface area contributed by atoms with Gasteiger partial charge in [0.1, 0.15) is 5.82 Å². The van der Waals surface area contributed by atoms with Crippen LogP contribution in [0.15, 0.2) is 48.5 Å². The second-order valence-corrected chi connectivity index (χ2v) is 5.50. The first kappa shape index (κ1) is 15.7. The number of hydrogen-bond donors (Lipinski definition) is 1. The average Bonchev–Trinajstić information content (AvgIpc) is 2.53. The first-order chi connectivity index (χ1) is 10.1. The molecule has 2 unspecified atom stereocenters. The van der Waals surface area contributed by atoms with Gasteiger partial charge < -0.3 is 5.32 Å². The lowest BCUT2D eigenvalue weighted by atomic mass is 10.0. The summed E-state index contributed by atoms with van der Waals surface area (Å²) in [5.41, 5.74) is 3.78. The monoisotopic (exact) mass is 285 g/mol. The fraction of sp³-hybridized carbons (Fsp3) is 0.368. The highest BCUT2D eigenvalue weighted by Gasteiger charge is 2.13. The maximum absolute atomic E-state index is 13.0. The normalized spacial score (nSPS) is 13.9. The summed E-state index contributed by atoms with van der Waals surface area (Å²) in [6, 6.07) is 16.0. The van der Waals surface area contributed by atoms with Crippen molar-refractivity contribution < 1.29 is 4.39 Å². The van der Waals surface area contributed by atoms with Crippen LogP contribution in [-0.4, -0.2) is 0 Å². The summed E-state index contributed by atoms with van der Waals surface area (Å²) in [5.74, 6) is -0.184. The zero-order chi connectivity index (χ0) is 15.2. The van der Waals surface area contributed by atoms with Crippen LogP contribution in [0.25, 0.3) is 0 Å². The second kappa shape index (κ2) is 7.37. The molecule has 0 bridgehead atoms. The van der Waals surface area contributed by atoms with Crippen LogP contribution in [0, 0.1) is 5.82 Å². The molecule has 0 aliphatic rings. The molecular formula is C19H24FN. The van der Waals surface area contributed by atoms with E-state index in [-0.39, 0.29) is 17.9 Å². The third-order valence-electron chi connectivity index (χ3n) is 4.02. The maximum atomic E-state index is 13.0. The minimum absolute atomic E-state index is 0.184. The smallest absolute Gasteiger partial charge is 0.123 e. The Morgan fingerprint density at radius 1 is 0.905 bits per heavy atom. The van der Waals surface area contributed by atoms with E-state index in [1.165, 1.54) is 23.3 Å². The van der Waals surface area contributed by atoms with Crippen LogP contribution in [0.1, 0.15) is 56.0 Å². The fourth-order valence-electron chi connectivity index (χ4n) is 2.58. The van der Waals surface area contributed by atoms with Crippen LogP contribution in [-0.2, 0) is 6.42 Å². The molecule has 0 saturated heterocycles. The quantitative estimate of drug-likeness (QED) is 0.770. The zero-order valence-electron chi connectivity index (χ0n) is 13.1. The molecule has 0 spiro atoms. The van der Waals surface area contributed by atoms with Gasteiger partial charge in [0.2, 0.25) is 0 Å². The SMILES string of the molecule is CCc1ccc(C(C)NC(CC)c2ccc(F)cc2)cc1. The minimum Gasteiger partial charge on any atom is -0.303 e. The van der Waals surface area contributed by atoms with Gasteiger partial charge in [-0.05, 0) is 48.6 Å². The molecule has 0 heterocycles. The molecule has 2 aromatic rings. The lowest BCUT2D eigenvalue weighted by Crippen LogP contribution is -2.24. The Hall–Kier alpha value is -1.67. The van der Waals surface area contributed by atoms with E-state index in [0.29, 0.717) is 0 Å². The van der Waals surface area contributed by atoms with Crippen molar-refractivity contribution in [3.05, 3.63) is 71.0 Å². The van der Waals surface area contributed by atoms with Crippen molar-refractivity contribution in [2.24, 2.45) is 0 Å². The summed E-state index contributed by atoms with van der Waals surface area (Å²) in [6.45, 7) is 6.49. The fourth-order valence-corrected chi connectivity index (χ4v) is 2.58. The molecule has 0 radical (unpaired) electrons. The standard InChI is InChI=1S/C19H24FN/c1-4-15-6-8-16(9-7-15)14(3)21-19(5-2)17-10-12-18(20)13-11-17/h6-14,19,21H,4-5H2,1-3H3. The molecule has 2 heteroatoms. The van der Waals surface area contributed by atoms with Crippen molar-refractivity contribution in [1.82, 2.24) is 5.32 Å². The molecule has 0 aliphatic carbocycles. The van der Waals surface area contributed by atoms with Gasteiger partial charge in [-0.1, -0.05) is 50.2 Å². The van der Waals surface area contributed by atoms with Crippen molar-refractivity contribution >= 4 is 0 Å². The number of aryl methyl sites for hydroxylation is 1. The first-order valence-corrected chi connectivity index (χ1v) is 7.74. The van der Waals surface area contributed by atoms with Gasteiger partial charge in [0, 0.05) is 12.1 Å². The molecule has 21 heavy (non-hydrogen) atoms. The first-order valence-electron chi connectivity index (χ1n) is 7.74. The van der Waals surface area contributed by atoms with Gasteiger partial charge in [0.05, 0.1) is 0 Å². The third kappa shape index (κ3) is 4.15. The van der Waals surface area contributed by atoms with Crippen molar-refractivity contribution in [3.8, 4) is 0 Å². The molecule has 2 atom stereocenters. The van der Waals surface area contributed by atoms with E-state index in [0.717, 1.165) is 18.4 Å². The Morgan fingerprint density at radius 2 is 1.48 bits per heavy atom. The van der Waals surface area contributed by atoms with Gasteiger partial charge in [-0.2, -0.15) is 0 Å². The highest BCUT2D eigenvalue weighted by molar-refractivity contribution is 5.26. The van der Waals surface area contributed by atoms with Gasteiger partial charge in [-0.3, -0.25) is 0 Å². The lowest BCUT2D eigenvalue weighted by Gasteiger charge is -2.23. The summed E-state index contributed by atoms with van der Waals surface area (Å²) in [4.78, 5) is 0. The van der Waals surface area contributed by atoms with Gasteiger partial charge in [-0.15, -0.1) is 0 Å². The molecule has 1 nitrogen and oxygen atoms in total. The van der Waals surface area contributed by atoms with Crippen molar-refractivity contribution in [1.29, 1.82) is 0 Å². The summed E-state index contributed by atoms with van der Waals surface area (Å²) >= 11 is 0. The molecule has 0 aliphatic heterocycles. The Kier molecular flexibility index (Phi) is 5.51. The summed E-state index contributed by atoms with van der Waals surface area (Å²) in [7, 11) is 0. The van der Waals surface area contributed by atoms with E-state index >= 15 is 0 Å². The molecule has 0 aromatic heterocycles. The van der Waals surface area contributed by atoms with Crippen LogP contribution in [0.3, 0.4) is 0 Å². The van der Waals surface area contributed by atoms with Crippen molar-refractivity contribution in [2.45, 2.75) is 45.7 Å². The summed E-state index contributed by atoms with van der Waals surface area (Å²) in [6.07, 6.45) is 2.04. The average molecular weight is 285 g/mol. The summed E-state index contributed by atoms with van der Waals surface area (Å²) in [5, 5.41) is 3.63. The predicted octanol–water partition coefficient (Wildman–Crippen LogP) is 5.19. The zero-order valence-corrected chi connectivity index (χ0v) is 13.1. The number of halogens is 1. The van der Waals surface area contributed by atoms with E-state index < -0.39 is 0 Å². The number of benzene rings is 2. The molecule has 0 fully saturated rings. The number of hydrogen-bond acceptors (Lipinski definition) is 1. The van der Waals surface area contributed by atoms with Crippen molar-refractivity contribution in [2.75, 3.05) is 0 Å². The largest absolute Gasteiger partial charge is 0.303 e. The molecule has 2 rings (SSSR count). The Labute approximate surface area is 127 Å². The third-order valence-corrected chi connectivity index (χ3v) is 4.02. The Morgan fingerprint density at radius 3 is 2.00 bits per heavy atom. The van der Waals surface area contributed by atoms with E-state index in [1.807, 2.05) is 12.1 Å². The van der Waals surface area contributed by atoms with Crippen LogP contribution in [0.4, 0.5) is 4.39 Å². The van der Waals surface area contributed by atoms with E-state index in [1.54, 1.807) is 0 Å². The molecule has 2 aromatic carbocycles. The minimum atomic E-state index is -0.184. The molecule has 1 N–H and O–H groups in total. The van der Waals surface area contributed by atoms with Crippen LogP contribution < -0.4 is 5.32 Å². The molecule has 0 amide bonds. The van der Waals surface area contributed by atoms with Gasteiger partial charge in [-0.25, -0.2) is 4.39 Å². The van der Waals surface area contributed by atoms with E-state index in [4.69, 9.17) is 0 Å². The maximum Gasteiger partial charge on any atom is 0.123 e. The lowest BCUT2D eigenvalue weighted by molar-refractivity contribution is 0.456. The van der Waals surface area contributed by atoms with Gasteiger partial charge >= 0.3 is 0 Å². The van der Waals surface area contributed by atoms with Crippen LogP contribution in [0.2, 0.25) is 0 Å². The topological polar surface area (TPSA) is 12.0 Å². The Balaban J connectivity index is 2.08. The predicted molar refractivity (Wildman–Crippen MR) is 86.8 cm³/mol. The highest BCUT2D eigenvalue weighted by atomic mass is 19.1. The van der Waals surface area contributed by atoms with E-state index in [2.05, 4.69) is 50.4 Å². The molecule has 112 valence electrons. The van der Waals surface area contributed by atoms with Gasteiger partial charge in [0.15, 0.2) is 0 Å². The van der Waals surface area contributed by atoms with Crippen molar-refractivity contribution in [3.63, 3.8) is 0 Å². The van der Waals surface area contributed by atoms with Gasteiger partial charge in [0.25, 0.3) is 0 Å². The molecular weight excluding hydrogens is 261 g/mol. The van der Waals surface area contributed by atoms with Crippen LogP contribution >= 0.6 is 0 Å². The second-order valence-electron chi connectivity index (χ2n) is 5.50. The highest BCUT2D eigenvalue weighted by Crippen LogP contribution is 2.22. The molecule has 0 saturated carbocycles.